The Hall–Kier alpha value is -2.58. The van der Waals surface area contributed by atoms with Gasteiger partial charge in [-0.3, -0.25) is 14.3 Å². The lowest BCUT2D eigenvalue weighted by Crippen LogP contribution is -2.40. The number of halogens is 1. The molecule has 1 amide bonds. The molecule has 0 aromatic heterocycles. The van der Waals surface area contributed by atoms with Gasteiger partial charge in [0.25, 0.3) is 15.9 Å². The van der Waals surface area contributed by atoms with Crippen LogP contribution in [0, 0.1) is 19.8 Å². The number of hydrogen-bond donors (Lipinski definition) is 1. The monoisotopic (exact) mass is 464 g/mol. The van der Waals surface area contributed by atoms with Crippen molar-refractivity contribution < 1.29 is 22.7 Å². The number of carbonyl (C=O) groups is 2. The molecule has 1 aliphatic heterocycles. The molecular formula is C22H25ClN2O5S. The van der Waals surface area contributed by atoms with E-state index < -0.39 is 10.0 Å². The second-order valence-electron chi connectivity index (χ2n) is 7.66. The van der Waals surface area contributed by atoms with E-state index in [-0.39, 0.29) is 33.3 Å². The van der Waals surface area contributed by atoms with Crippen LogP contribution < -0.4 is 4.72 Å². The minimum Gasteiger partial charge on any atom is -0.469 e. The second-order valence-corrected chi connectivity index (χ2v) is 9.72. The van der Waals surface area contributed by atoms with Crippen molar-refractivity contribution in [1.82, 2.24) is 4.90 Å². The highest BCUT2D eigenvalue weighted by Gasteiger charge is 2.29. The summed E-state index contributed by atoms with van der Waals surface area (Å²) >= 11 is 6.18. The number of aryl methyl sites for hydroxylation is 2. The van der Waals surface area contributed by atoms with E-state index in [9.17, 15) is 18.0 Å². The van der Waals surface area contributed by atoms with Gasteiger partial charge in [-0.05, 0) is 56.5 Å². The van der Waals surface area contributed by atoms with Crippen LogP contribution in [0.25, 0.3) is 0 Å². The molecule has 0 atom stereocenters. The predicted molar refractivity (Wildman–Crippen MR) is 119 cm³/mol. The summed E-state index contributed by atoms with van der Waals surface area (Å²) in [5.41, 5.74) is 2.47. The third-order valence-electron chi connectivity index (χ3n) is 5.41. The summed E-state index contributed by atoms with van der Waals surface area (Å²) in [4.78, 5) is 26.1. The number of hydrogen-bond acceptors (Lipinski definition) is 5. The molecule has 2 aromatic rings. The zero-order chi connectivity index (χ0) is 22.8. The van der Waals surface area contributed by atoms with Crippen molar-refractivity contribution >= 4 is 39.2 Å². The fourth-order valence-corrected chi connectivity index (χ4v) is 5.30. The van der Waals surface area contributed by atoms with Crippen LogP contribution in [-0.2, 0) is 19.6 Å². The Kier molecular flexibility index (Phi) is 6.91. The Morgan fingerprint density at radius 1 is 1.10 bits per heavy atom. The van der Waals surface area contributed by atoms with Crippen LogP contribution in [0.15, 0.2) is 41.3 Å². The van der Waals surface area contributed by atoms with Crippen LogP contribution in [0.2, 0.25) is 5.02 Å². The van der Waals surface area contributed by atoms with E-state index in [1.165, 1.54) is 25.3 Å². The first-order valence-corrected chi connectivity index (χ1v) is 11.7. The smallest absolute Gasteiger partial charge is 0.308 e. The predicted octanol–water partition coefficient (Wildman–Crippen LogP) is 3.78. The SMILES string of the molecule is COC(=O)C1CCN(C(=O)c2ccc(Cl)c(S(=O)(=O)Nc3ccc(C)cc3C)c2)CC1. The highest BCUT2D eigenvalue weighted by Crippen LogP contribution is 2.28. The number of piperidine rings is 1. The summed E-state index contributed by atoms with van der Waals surface area (Å²) in [6.07, 6.45) is 1.01. The molecule has 9 heteroatoms. The lowest BCUT2D eigenvalue weighted by molar-refractivity contribution is -0.146. The number of benzene rings is 2. The molecule has 0 spiro atoms. The Balaban J connectivity index is 1.81. The highest BCUT2D eigenvalue weighted by molar-refractivity contribution is 7.92. The van der Waals surface area contributed by atoms with Crippen molar-refractivity contribution in [2.75, 3.05) is 24.9 Å². The second kappa shape index (κ2) is 9.28. The minimum absolute atomic E-state index is 0.0261. The van der Waals surface area contributed by atoms with E-state index in [2.05, 4.69) is 4.72 Å². The van der Waals surface area contributed by atoms with Gasteiger partial charge >= 0.3 is 5.97 Å². The van der Waals surface area contributed by atoms with Gasteiger partial charge in [0.1, 0.15) is 4.90 Å². The van der Waals surface area contributed by atoms with E-state index in [1.54, 1.807) is 11.0 Å². The van der Waals surface area contributed by atoms with Crippen LogP contribution in [0.3, 0.4) is 0 Å². The fourth-order valence-electron chi connectivity index (χ4n) is 3.64. The molecule has 0 radical (unpaired) electrons. The van der Waals surface area contributed by atoms with Gasteiger partial charge in [-0.2, -0.15) is 0 Å². The Morgan fingerprint density at radius 2 is 1.77 bits per heavy atom. The Bertz CT molecular complexity index is 1110. The van der Waals surface area contributed by atoms with Crippen molar-refractivity contribution in [3.05, 3.63) is 58.1 Å². The molecule has 0 unspecified atom stereocenters. The van der Waals surface area contributed by atoms with Crippen LogP contribution >= 0.6 is 11.6 Å². The van der Waals surface area contributed by atoms with Gasteiger partial charge in [-0.25, -0.2) is 8.42 Å². The molecule has 1 heterocycles. The largest absolute Gasteiger partial charge is 0.469 e. The maximum Gasteiger partial charge on any atom is 0.308 e. The first-order valence-electron chi connectivity index (χ1n) is 9.89. The topological polar surface area (TPSA) is 92.8 Å². The number of nitrogens with one attached hydrogen (secondary N) is 1. The number of amides is 1. The summed E-state index contributed by atoms with van der Waals surface area (Å²) in [5.74, 6) is -0.801. The summed E-state index contributed by atoms with van der Waals surface area (Å²) in [7, 11) is -2.65. The van der Waals surface area contributed by atoms with Crippen molar-refractivity contribution in [2.24, 2.45) is 5.92 Å². The van der Waals surface area contributed by atoms with Crippen LogP contribution in [-0.4, -0.2) is 45.4 Å². The molecule has 0 saturated carbocycles. The van der Waals surface area contributed by atoms with Gasteiger partial charge in [0.15, 0.2) is 0 Å². The summed E-state index contributed by atoms with van der Waals surface area (Å²) < 4.78 is 33.3. The molecule has 7 nitrogen and oxygen atoms in total. The van der Waals surface area contributed by atoms with Gasteiger partial charge in [0, 0.05) is 18.7 Å². The molecule has 31 heavy (non-hydrogen) atoms. The van der Waals surface area contributed by atoms with Crippen molar-refractivity contribution in [3.63, 3.8) is 0 Å². The Morgan fingerprint density at radius 3 is 2.39 bits per heavy atom. The first kappa shape index (κ1) is 23.1. The normalized spacial score (nSPS) is 14.9. The average molecular weight is 465 g/mol. The number of anilines is 1. The molecule has 0 bridgehead atoms. The number of esters is 1. The van der Waals surface area contributed by atoms with E-state index >= 15 is 0 Å². The van der Waals surface area contributed by atoms with E-state index in [0.717, 1.165) is 11.1 Å². The third kappa shape index (κ3) is 5.19. The fraction of sp³-hybridized carbons (Fsp3) is 0.364. The maximum atomic E-state index is 13.0. The molecule has 166 valence electrons. The lowest BCUT2D eigenvalue weighted by Gasteiger charge is -2.30. The quantitative estimate of drug-likeness (QED) is 0.679. The van der Waals surface area contributed by atoms with Crippen molar-refractivity contribution in [1.29, 1.82) is 0 Å². The van der Waals surface area contributed by atoms with Crippen molar-refractivity contribution in [3.8, 4) is 0 Å². The molecule has 0 aliphatic carbocycles. The molecule has 3 rings (SSSR count). The molecular weight excluding hydrogens is 440 g/mol. The van der Waals surface area contributed by atoms with E-state index in [1.807, 2.05) is 26.0 Å². The zero-order valence-corrected chi connectivity index (χ0v) is 19.2. The lowest BCUT2D eigenvalue weighted by atomic mass is 9.96. The van der Waals surface area contributed by atoms with Gasteiger partial charge in [-0.1, -0.05) is 29.3 Å². The molecule has 1 fully saturated rings. The maximum absolute atomic E-state index is 13.0. The number of carbonyl (C=O) groups excluding carboxylic acids is 2. The van der Waals surface area contributed by atoms with Gasteiger partial charge in [0.2, 0.25) is 0 Å². The van der Waals surface area contributed by atoms with Crippen LogP contribution in [0.4, 0.5) is 5.69 Å². The van der Waals surface area contributed by atoms with Crippen LogP contribution in [0.5, 0.6) is 0 Å². The van der Waals surface area contributed by atoms with E-state index in [4.69, 9.17) is 16.3 Å². The Labute approximate surface area is 187 Å². The summed E-state index contributed by atoms with van der Waals surface area (Å²) in [6, 6.07) is 9.58. The van der Waals surface area contributed by atoms with Gasteiger partial charge < -0.3 is 9.64 Å². The molecule has 1 N–H and O–H groups in total. The standard InChI is InChI=1S/C22H25ClN2O5S/c1-14-4-7-19(15(2)12-14)24-31(28,29)20-13-17(5-6-18(20)23)21(26)25-10-8-16(9-11-25)22(27)30-3/h4-7,12-13,16,24H,8-11H2,1-3H3. The molecule has 2 aromatic carbocycles. The summed E-state index contributed by atoms with van der Waals surface area (Å²) in [5, 5.41) is 0.0261. The summed E-state index contributed by atoms with van der Waals surface area (Å²) in [6.45, 7) is 4.52. The molecule has 1 saturated heterocycles. The number of ether oxygens (including phenoxy) is 1. The minimum atomic E-state index is -4.00. The van der Waals surface area contributed by atoms with Gasteiger partial charge in [0.05, 0.1) is 23.7 Å². The number of methoxy groups -OCH3 is 1. The van der Waals surface area contributed by atoms with Crippen molar-refractivity contribution in [2.45, 2.75) is 31.6 Å². The first-order chi connectivity index (χ1) is 14.6. The number of nitrogens with zero attached hydrogens (tertiary/aromatic N) is 1. The highest BCUT2D eigenvalue weighted by atomic mass is 35.5. The number of rotatable bonds is 5. The van der Waals surface area contributed by atoms with Gasteiger partial charge in [-0.15, -0.1) is 0 Å². The zero-order valence-electron chi connectivity index (χ0n) is 17.6. The van der Waals surface area contributed by atoms with Crippen LogP contribution in [0.1, 0.15) is 34.3 Å². The average Bonchev–Trinajstić information content (AvgIpc) is 2.75. The number of sulfonamides is 1. The van der Waals surface area contributed by atoms with E-state index in [0.29, 0.717) is 31.6 Å². The number of likely N-dealkylation sites (tertiary alicyclic amines) is 1. The third-order valence-corrected chi connectivity index (χ3v) is 7.26. The molecule has 1 aliphatic rings.